The van der Waals surface area contributed by atoms with E-state index in [0.29, 0.717) is 6.42 Å². The summed E-state index contributed by atoms with van der Waals surface area (Å²) < 4.78 is 38.6. The molecule has 4 heteroatoms. The van der Waals surface area contributed by atoms with Gasteiger partial charge in [0, 0.05) is 0 Å². The Kier molecular flexibility index (Phi) is 3.71. The van der Waals surface area contributed by atoms with Crippen molar-refractivity contribution in [2.45, 2.75) is 25.6 Å². The van der Waals surface area contributed by atoms with Crippen LogP contribution in [0.2, 0.25) is 0 Å². The average molecular weight is 155 g/mol. The van der Waals surface area contributed by atoms with Crippen LogP contribution in [-0.2, 0) is 4.74 Å². The van der Waals surface area contributed by atoms with Crippen molar-refractivity contribution in [3.63, 3.8) is 0 Å². The molecule has 10 heavy (non-hydrogen) atoms. The molecule has 0 fully saturated rings. The van der Waals surface area contributed by atoms with Crippen molar-refractivity contribution in [3.05, 3.63) is 6.92 Å². The van der Waals surface area contributed by atoms with E-state index in [0.717, 1.165) is 0 Å². The molecule has 0 heterocycles. The highest BCUT2D eigenvalue weighted by molar-refractivity contribution is 4.53. The molecular formula is C6H10F3O. The molecule has 0 saturated heterocycles. The van der Waals surface area contributed by atoms with Crippen LogP contribution in [0.4, 0.5) is 13.2 Å². The van der Waals surface area contributed by atoms with Crippen molar-refractivity contribution >= 4 is 0 Å². The lowest BCUT2D eigenvalue weighted by atomic mass is 10.3. The first kappa shape index (κ1) is 9.75. The van der Waals surface area contributed by atoms with E-state index in [4.69, 9.17) is 0 Å². The zero-order valence-electron chi connectivity index (χ0n) is 5.74. The van der Waals surface area contributed by atoms with Crippen LogP contribution in [0.15, 0.2) is 0 Å². The first-order valence-corrected chi connectivity index (χ1v) is 2.93. The molecule has 0 aliphatic rings. The molecule has 0 N–H and O–H groups in total. The topological polar surface area (TPSA) is 9.23 Å². The Morgan fingerprint density at radius 2 is 2.00 bits per heavy atom. The standard InChI is InChI=1S/C6H10F3O/c1-3-5(2)10-4-6(7,8)9/h5H,1,3-4H2,2H3. The van der Waals surface area contributed by atoms with Gasteiger partial charge in [0.2, 0.25) is 0 Å². The minimum absolute atomic E-state index is 0.357. The number of ether oxygens (including phenoxy) is 1. The van der Waals surface area contributed by atoms with Crippen LogP contribution in [0.3, 0.4) is 0 Å². The van der Waals surface area contributed by atoms with Gasteiger partial charge in [0.1, 0.15) is 6.61 Å². The van der Waals surface area contributed by atoms with Crippen molar-refractivity contribution < 1.29 is 17.9 Å². The third-order valence-electron chi connectivity index (χ3n) is 0.938. The molecule has 0 amide bonds. The molecule has 0 bridgehead atoms. The molecule has 0 rings (SSSR count). The number of hydrogen-bond acceptors (Lipinski definition) is 1. The Labute approximate surface area is 58.2 Å². The van der Waals surface area contributed by atoms with Crippen LogP contribution in [0.5, 0.6) is 0 Å². The average Bonchev–Trinajstić information content (AvgIpc) is 1.81. The van der Waals surface area contributed by atoms with Crippen molar-refractivity contribution in [2.24, 2.45) is 0 Å². The van der Waals surface area contributed by atoms with E-state index in [1.165, 1.54) is 0 Å². The van der Waals surface area contributed by atoms with Gasteiger partial charge in [0.05, 0.1) is 6.10 Å². The molecule has 1 atom stereocenters. The minimum Gasteiger partial charge on any atom is -0.369 e. The first-order valence-electron chi connectivity index (χ1n) is 2.93. The molecule has 1 unspecified atom stereocenters. The first-order chi connectivity index (χ1) is 4.45. The lowest BCUT2D eigenvalue weighted by Crippen LogP contribution is -2.21. The summed E-state index contributed by atoms with van der Waals surface area (Å²) in [6.07, 6.45) is -4.28. The summed E-state index contributed by atoms with van der Waals surface area (Å²) >= 11 is 0. The second kappa shape index (κ2) is 3.81. The molecule has 0 aliphatic carbocycles. The van der Waals surface area contributed by atoms with Crippen molar-refractivity contribution in [3.8, 4) is 0 Å². The van der Waals surface area contributed by atoms with E-state index in [-0.39, 0.29) is 0 Å². The van der Waals surface area contributed by atoms with Crippen molar-refractivity contribution in [1.82, 2.24) is 0 Å². The second-order valence-electron chi connectivity index (χ2n) is 2.03. The van der Waals surface area contributed by atoms with Crippen LogP contribution in [0.25, 0.3) is 0 Å². The fourth-order valence-electron chi connectivity index (χ4n) is 0.320. The van der Waals surface area contributed by atoms with E-state index in [1.54, 1.807) is 6.92 Å². The summed E-state index contributed by atoms with van der Waals surface area (Å²) in [4.78, 5) is 0. The molecule has 0 aromatic carbocycles. The van der Waals surface area contributed by atoms with Crippen LogP contribution >= 0.6 is 0 Å². The highest BCUT2D eigenvalue weighted by Crippen LogP contribution is 2.15. The SMILES string of the molecule is [CH2]CC(C)OCC(F)(F)F. The van der Waals surface area contributed by atoms with E-state index in [9.17, 15) is 13.2 Å². The molecule has 0 aliphatic heterocycles. The third kappa shape index (κ3) is 5.88. The van der Waals surface area contributed by atoms with E-state index >= 15 is 0 Å². The van der Waals surface area contributed by atoms with Crippen LogP contribution in [0, 0.1) is 6.92 Å². The van der Waals surface area contributed by atoms with Crippen LogP contribution in [-0.4, -0.2) is 18.9 Å². The van der Waals surface area contributed by atoms with Gasteiger partial charge in [0.25, 0.3) is 0 Å². The minimum atomic E-state index is -4.22. The summed E-state index contributed by atoms with van der Waals surface area (Å²) in [5.74, 6) is 0. The third-order valence-corrected chi connectivity index (χ3v) is 0.938. The molecule has 0 aromatic rings. The molecule has 0 saturated carbocycles. The van der Waals surface area contributed by atoms with Gasteiger partial charge in [-0.25, -0.2) is 0 Å². The molecular weight excluding hydrogens is 145 g/mol. The normalized spacial score (nSPS) is 15.3. The van der Waals surface area contributed by atoms with Gasteiger partial charge >= 0.3 is 6.18 Å². The maximum atomic E-state index is 11.4. The predicted molar refractivity (Wildman–Crippen MR) is 31.4 cm³/mol. The molecule has 0 aromatic heterocycles. The van der Waals surface area contributed by atoms with Gasteiger partial charge in [-0.15, -0.1) is 0 Å². The summed E-state index contributed by atoms with van der Waals surface area (Å²) in [6.45, 7) is 3.77. The van der Waals surface area contributed by atoms with Gasteiger partial charge < -0.3 is 4.74 Å². The number of rotatable bonds is 3. The van der Waals surface area contributed by atoms with Gasteiger partial charge in [-0.1, -0.05) is 6.92 Å². The van der Waals surface area contributed by atoms with E-state index in [2.05, 4.69) is 11.7 Å². The largest absolute Gasteiger partial charge is 0.411 e. The van der Waals surface area contributed by atoms with Gasteiger partial charge in [-0.3, -0.25) is 0 Å². The number of hydrogen-bond donors (Lipinski definition) is 0. The molecule has 61 valence electrons. The Hall–Kier alpha value is -0.250. The number of alkyl halides is 3. The Morgan fingerprint density at radius 3 is 2.30 bits per heavy atom. The summed E-state index contributed by atoms with van der Waals surface area (Å²) in [6, 6.07) is 0. The Balaban J connectivity index is 3.36. The van der Waals surface area contributed by atoms with Gasteiger partial charge in [0.15, 0.2) is 0 Å². The zero-order chi connectivity index (χ0) is 8.20. The van der Waals surface area contributed by atoms with Crippen LogP contribution < -0.4 is 0 Å². The smallest absolute Gasteiger partial charge is 0.369 e. The zero-order valence-corrected chi connectivity index (χ0v) is 5.74. The van der Waals surface area contributed by atoms with Crippen LogP contribution in [0.1, 0.15) is 13.3 Å². The summed E-state index contributed by atoms with van der Waals surface area (Å²) in [5.41, 5.74) is 0. The van der Waals surface area contributed by atoms with Gasteiger partial charge in [-0.05, 0) is 13.3 Å². The maximum absolute atomic E-state index is 11.4. The fraction of sp³-hybridized carbons (Fsp3) is 0.833. The fourth-order valence-corrected chi connectivity index (χ4v) is 0.320. The van der Waals surface area contributed by atoms with Crippen molar-refractivity contribution in [2.75, 3.05) is 6.61 Å². The quantitative estimate of drug-likeness (QED) is 0.607. The monoisotopic (exact) mass is 155 g/mol. The second-order valence-corrected chi connectivity index (χ2v) is 2.03. The van der Waals surface area contributed by atoms with Gasteiger partial charge in [-0.2, -0.15) is 13.2 Å². The highest BCUT2D eigenvalue weighted by Gasteiger charge is 2.28. The molecule has 1 nitrogen and oxygen atoms in total. The van der Waals surface area contributed by atoms with E-state index < -0.39 is 18.9 Å². The Morgan fingerprint density at radius 1 is 1.50 bits per heavy atom. The predicted octanol–water partition coefficient (Wildman–Crippen LogP) is 2.18. The lowest BCUT2D eigenvalue weighted by Gasteiger charge is -2.11. The maximum Gasteiger partial charge on any atom is 0.411 e. The molecule has 0 spiro atoms. The molecule has 1 radical (unpaired) electrons. The van der Waals surface area contributed by atoms with Crippen molar-refractivity contribution in [1.29, 1.82) is 0 Å². The number of halogens is 3. The summed E-state index contributed by atoms with van der Waals surface area (Å²) in [7, 11) is 0. The van der Waals surface area contributed by atoms with E-state index in [1.807, 2.05) is 0 Å². The lowest BCUT2D eigenvalue weighted by molar-refractivity contribution is -0.183. The summed E-state index contributed by atoms with van der Waals surface area (Å²) in [5, 5.41) is 0. The Bertz CT molecular complexity index is 89.5. The highest BCUT2D eigenvalue weighted by atomic mass is 19.4.